The molecule has 2 N–H and O–H groups in total. The SMILES string of the molecule is Cc1ccc2cc(C(=O)N[C@@H](CO)c3ccccc3)ccc2n1. The Balaban J connectivity index is 1.83. The molecule has 0 aliphatic rings. The van der Waals surface area contributed by atoms with Gasteiger partial charge in [0.15, 0.2) is 0 Å². The third kappa shape index (κ3) is 3.38. The van der Waals surface area contributed by atoms with Crippen molar-refractivity contribution >= 4 is 16.8 Å². The summed E-state index contributed by atoms with van der Waals surface area (Å²) in [5.41, 5.74) is 3.24. The largest absolute Gasteiger partial charge is 0.394 e. The minimum atomic E-state index is -0.421. The minimum Gasteiger partial charge on any atom is -0.394 e. The predicted molar refractivity (Wildman–Crippen MR) is 90.2 cm³/mol. The van der Waals surface area contributed by atoms with Crippen LogP contribution in [0.15, 0.2) is 60.7 Å². The highest BCUT2D eigenvalue weighted by Gasteiger charge is 2.15. The Hall–Kier alpha value is -2.72. The molecule has 0 aliphatic heterocycles. The number of aliphatic hydroxyl groups is 1. The fraction of sp³-hybridized carbons (Fsp3) is 0.158. The quantitative estimate of drug-likeness (QED) is 0.779. The second-order valence-electron chi connectivity index (χ2n) is 5.48. The van der Waals surface area contributed by atoms with Crippen molar-refractivity contribution in [2.24, 2.45) is 0 Å². The van der Waals surface area contributed by atoms with Crippen LogP contribution in [0.2, 0.25) is 0 Å². The molecular weight excluding hydrogens is 288 g/mol. The Morgan fingerprint density at radius 3 is 2.65 bits per heavy atom. The average Bonchev–Trinajstić information content (AvgIpc) is 2.59. The van der Waals surface area contributed by atoms with Crippen LogP contribution in [0.3, 0.4) is 0 Å². The molecular formula is C19H18N2O2. The Morgan fingerprint density at radius 2 is 1.91 bits per heavy atom. The van der Waals surface area contributed by atoms with Gasteiger partial charge in [0.2, 0.25) is 0 Å². The molecule has 1 heterocycles. The summed E-state index contributed by atoms with van der Waals surface area (Å²) in [5, 5.41) is 13.3. The molecule has 116 valence electrons. The zero-order valence-corrected chi connectivity index (χ0v) is 12.9. The zero-order chi connectivity index (χ0) is 16.2. The lowest BCUT2D eigenvalue weighted by Crippen LogP contribution is -2.30. The molecule has 0 saturated carbocycles. The molecule has 0 bridgehead atoms. The molecule has 2 aromatic carbocycles. The minimum absolute atomic E-state index is 0.149. The number of pyridine rings is 1. The lowest BCUT2D eigenvalue weighted by molar-refractivity contribution is 0.0916. The second-order valence-corrected chi connectivity index (χ2v) is 5.48. The number of carbonyl (C=O) groups excluding carboxylic acids is 1. The molecule has 1 aromatic heterocycles. The maximum Gasteiger partial charge on any atom is 0.251 e. The van der Waals surface area contributed by atoms with Crippen LogP contribution in [0.4, 0.5) is 0 Å². The van der Waals surface area contributed by atoms with Gasteiger partial charge in [0.25, 0.3) is 5.91 Å². The average molecular weight is 306 g/mol. The first-order chi connectivity index (χ1) is 11.2. The molecule has 0 aliphatic carbocycles. The van der Waals surface area contributed by atoms with Crippen LogP contribution in [0.25, 0.3) is 10.9 Å². The van der Waals surface area contributed by atoms with Gasteiger partial charge in [-0.15, -0.1) is 0 Å². The normalized spacial score (nSPS) is 12.1. The van der Waals surface area contributed by atoms with Crippen molar-refractivity contribution < 1.29 is 9.90 Å². The van der Waals surface area contributed by atoms with E-state index in [0.29, 0.717) is 5.56 Å². The van der Waals surface area contributed by atoms with Gasteiger partial charge >= 0.3 is 0 Å². The van der Waals surface area contributed by atoms with Crippen molar-refractivity contribution in [3.8, 4) is 0 Å². The highest BCUT2D eigenvalue weighted by Crippen LogP contribution is 2.17. The molecule has 0 unspecified atom stereocenters. The maximum atomic E-state index is 12.5. The Labute approximate surface area is 134 Å². The number of carbonyl (C=O) groups is 1. The van der Waals surface area contributed by atoms with Crippen LogP contribution >= 0.6 is 0 Å². The number of nitrogens with one attached hydrogen (secondary N) is 1. The van der Waals surface area contributed by atoms with Crippen molar-refractivity contribution in [2.75, 3.05) is 6.61 Å². The number of fused-ring (bicyclic) bond motifs is 1. The fourth-order valence-corrected chi connectivity index (χ4v) is 2.53. The van der Waals surface area contributed by atoms with Crippen LogP contribution in [0.5, 0.6) is 0 Å². The van der Waals surface area contributed by atoms with Gasteiger partial charge < -0.3 is 10.4 Å². The van der Waals surface area contributed by atoms with E-state index in [2.05, 4.69) is 10.3 Å². The van der Waals surface area contributed by atoms with E-state index in [0.717, 1.165) is 22.2 Å². The van der Waals surface area contributed by atoms with E-state index in [1.165, 1.54) is 0 Å². The molecule has 3 rings (SSSR count). The summed E-state index contributed by atoms with van der Waals surface area (Å²) in [6.45, 7) is 1.79. The van der Waals surface area contributed by atoms with Crippen molar-refractivity contribution in [3.63, 3.8) is 0 Å². The summed E-state index contributed by atoms with van der Waals surface area (Å²) in [7, 11) is 0. The summed E-state index contributed by atoms with van der Waals surface area (Å²) in [6, 6.07) is 18.3. The second kappa shape index (κ2) is 6.58. The van der Waals surface area contributed by atoms with Gasteiger partial charge in [-0.2, -0.15) is 0 Å². The number of aryl methyl sites for hydroxylation is 1. The molecule has 0 fully saturated rings. The lowest BCUT2D eigenvalue weighted by atomic mass is 10.1. The lowest BCUT2D eigenvalue weighted by Gasteiger charge is -2.17. The number of aliphatic hydroxyl groups excluding tert-OH is 1. The van der Waals surface area contributed by atoms with Gasteiger partial charge in [0, 0.05) is 16.6 Å². The van der Waals surface area contributed by atoms with Gasteiger partial charge in [-0.1, -0.05) is 36.4 Å². The van der Waals surface area contributed by atoms with E-state index in [9.17, 15) is 9.90 Å². The van der Waals surface area contributed by atoms with E-state index in [1.807, 2.05) is 61.5 Å². The summed E-state index contributed by atoms with van der Waals surface area (Å²) in [5.74, 6) is -0.213. The highest BCUT2D eigenvalue weighted by atomic mass is 16.3. The fourth-order valence-electron chi connectivity index (χ4n) is 2.53. The predicted octanol–water partition coefficient (Wildman–Crippen LogP) is 3.01. The summed E-state index contributed by atoms with van der Waals surface area (Å²) >= 11 is 0. The topological polar surface area (TPSA) is 62.2 Å². The smallest absolute Gasteiger partial charge is 0.251 e. The van der Waals surface area contributed by atoms with E-state index in [-0.39, 0.29) is 12.5 Å². The van der Waals surface area contributed by atoms with E-state index < -0.39 is 6.04 Å². The standard InChI is InChI=1S/C19H18N2O2/c1-13-7-8-15-11-16(9-10-17(15)20-13)19(23)21-18(12-22)14-5-3-2-4-6-14/h2-11,18,22H,12H2,1H3,(H,21,23)/t18-/m0/s1. The first-order valence-corrected chi connectivity index (χ1v) is 7.51. The van der Waals surface area contributed by atoms with Gasteiger partial charge in [-0.05, 0) is 36.8 Å². The summed E-state index contributed by atoms with van der Waals surface area (Å²) in [4.78, 5) is 16.9. The van der Waals surface area contributed by atoms with E-state index in [4.69, 9.17) is 0 Å². The van der Waals surface area contributed by atoms with Crippen molar-refractivity contribution in [3.05, 3.63) is 77.5 Å². The van der Waals surface area contributed by atoms with Gasteiger partial charge in [-0.3, -0.25) is 9.78 Å². The third-order valence-corrected chi connectivity index (χ3v) is 3.78. The van der Waals surface area contributed by atoms with Crippen LogP contribution in [-0.4, -0.2) is 22.6 Å². The molecule has 1 amide bonds. The number of hydrogen-bond acceptors (Lipinski definition) is 3. The Morgan fingerprint density at radius 1 is 1.13 bits per heavy atom. The third-order valence-electron chi connectivity index (χ3n) is 3.78. The Kier molecular flexibility index (Phi) is 4.35. The van der Waals surface area contributed by atoms with Crippen molar-refractivity contribution in [1.29, 1.82) is 0 Å². The van der Waals surface area contributed by atoms with Gasteiger partial charge in [0.1, 0.15) is 0 Å². The number of hydrogen-bond donors (Lipinski definition) is 2. The number of amides is 1. The van der Waals surface area contributed by atoms with Crippen molar-refractivity contribution in [1.82, 2.24) is 10.3 Å². The molecule has 4 heteroatoms. The maximum absolute atomic E-state index is 12.5. The molecule has 0 radical (unpaired) electrons. The molecule has 3 aromatic rings. The highest BCUT2D eigenvalue weighted by molar-refractivity contribution is 5.98. The molecule has 0 saturated heterocycles. The van der Waals surface area contributed by atoms with Gasteiger partial charge in [-0.25, -0.2) is 0 Å². The first-order valence-electron chi connectivity index (χ1n) is 7.51. The molecule has 1 atom stereocenters. The molecule has 23 heavy (non-hydrogen) atoms. The van der Waals surface area contributed by atoms with Crippen LogP contribution in [-0.2, 0) is 0 Å². The van der Waals surface area contributed by atoms with E-state index >= 15 is 0 Å². The van der Waals surface area contributed by atoms with Crippen molar-refractivity contribution in [2.45, 2.75) is 13.0 Å². The molecule has 4 nitrogen and oxygen atoms in total. The van der Waals surface area contributed by atoms with Crippen LogP contribution < -0.4 is 5.32 Å². The monoisotopic (exact) mass is 306 g/mol. The summed E-state index contributed by atoms with van der Waals surface area (Å²) < 4.78 is 0. The van der Waals surface area contributed by atoms with Gasteiger partial charge in [0.05, 0.1) is 18.2 Å². The Bertz CT molecular complexity index is 831. The number of rotatable bonds is 4. The van der Waals surface area contributed by atoms with Crippen LogP contribution in [0, 0.1) is 6.92 Å². The number of aromatic nitrogens is 1. The first kappa shape index (κ1) is 15.2. The van der Waals surface area contributed by atoms with Crippen LogP contribution in [0.1, 0.15) is 27.7 Å². The number of nitrogens with zero attached hydrogens (tertiary/aromatic N) is 1. The summed E-state index contributed by atoms with van der Waals surface area (Å²) in [6.07, 6.45) is 0. The number of benzene rings is 2. The molecule has 0 spiro atoms. The van der Waals surface area contributed by atoms with E-state index in [1.54, 1.807) is 6.07 Å². The zero-order valence-electron chi connectivity index (χ0n) is 12.9.